The molecule has 5 rings (SSSR count). The lowest BCUT2D eigenvalue weighted by molar-refractivity contribution is -0.171. The Kier molecular flexibility index (Phi) is 3.77. The molecule has 1 saturated carbocycles. The summed E-state index contributed by atoms with van der Waals surface area (Å²) in [6, 6.07) is 8.64. The van der Waals surface area contributed by atoms with Gasteiger partial charge in [0.15, 0.2) is 0 Å². The minimum absolute atomic E-state index is 0.287. The Morgan fingerprint density at radius 3 is 2.50 bits per heavy atom. The van der Waals surface area contributed by atoms with Gasteiger partial charge in [0.1, 0.15) is 0 Å². The van der Waals surface area contributed by atoms with E-state index in [1.54, 1.807) is 5.56 Å². The van der Waals surface area contributed by atoms with Crippen molar-refractivity contribution in [2.24, 2.45) is 28.6 Å². The molecule has 2 saturated heterocycles. The number of anilines is 1. The molecule has 7 unspecified atom stereocenters. The number of hydrogen-bond acceptors (Lipinski definition) is 2. The fraction of sp³-hybridized carbons (Fsp3) is 0.769. The molecule has 1 aliphatic carbocycles. The molecule has 0 aromatic heterocycles. The van der Waals surface area contributed by atoms with Crippen LogP contribution in [0.1, 0.15) is 65.5 Å². The van der Waals surface area contributed by atoms with Gasteiger partial charge in [-0.3, -0.25) is 4.90 Å². The first kappa shape index (κ1) is 19.0. The molecule has 0 bridgehead atoms. The SMILES string of the molecule is CCC12C(C)C(C)CN3CCC4(c5ccc(C)cc5N(C)C4C(C)(C)C1C)C32. The highest BCUT2D eigenvalue weighted by molar-refractivity contribution is 5.68. The van der Waals surface area contributed by atoms with Gasteiger partial charge in [-0.2, -0.15) is 0 Å². The second kappa shape index (κ2) is 5.56. The van der Waals surface area contributed by atoms with Crippen LogP contribution in [0.25, 0.3) is 0 Å². The molecule has 4 aliphatic rings. The zero-order chi connectivity index (χ0) is 20.2. The van der Waals surface area contributed by atoms with Gasteiger partial charge in [-0.25, -0.2) is 0 Å². The quantitative estimate of drug-likeness (QED) is 0.636. The zero-order valence-electron chi connectivity index (χ0n) is 19.3. The summed E-state index contributed by atoms with van der Waals surface area (Å²) in [6.07, 6.45) is 2.64. The van der Waals surface area contributed by atoms with Crippen molar-refractivity contribution in [2.75, 3.05) is 25.0 Å². The molecule has 0 N–H and O–H groups in total. The van der Waals surface area contributed by atoms with Gasteiger partial charge in [0.05, 0.1) is 0 Å². The van der Waals surface area contributed by atoms with E-state index in [0.717, 1.165) is 11.8 Å². The number of hydrogen-bond donors (Lipinski definition) is 0. The van der Waals surface area contributed by atoms with Crippen molar-refractivity contribution in [1.29, 1.82) is 0 Å². The Morgan fingerprint density at radius 1 is 1.11 bits per heavy atom. The molecule has 7 atom stereocenters. The van der Waals surface area contributed by atoms with Crippen LogP contribution >= 0.6 is 0 Å². The molecule has 3 aliphatic heterocycles. The second-order valence-electron chi connectivity index (χ2n) is 11.5. The molecule has 2 heteroatoms. The van der Waals surface area contributed by atoms with Crippen molar-refractivity contribution in [1.82, 2.24) is 4.90 Å². The standard InChI is InChI=1S/C26H40N2/c1-9-25-18(4)17(3)15-28-13-12-26(23(25)28)20-11-10-16(2)14-21(20)27(8)22(26)24(6,7)19(25)5/h10-11,14,17-19,22-23H,9,12-13,15H2,1-8H3. The number of rotatable bonds is 1. The van der Waals surface area contributed by atoms with Crippen LogP contribution in [-0.4, -0.2) is 37.1 Å². The van der Waals surface area contributed by atoms with Crippen LogP contribution < -0.4 is 4.90 Å². The molecular weight excluding hydrogens is 340 g/mol. The number of piperidine rings is 1. The molecular formula is C26H40N2. The highest BCUT2D eigenvalue weighted by atomic mass is 15.3. The first-order chi connectivity index (χ1) is 13.1. The average Bonchev–Trinajstić information content (AvgIpc) is 3.13. The number of aryl methyl sites for hydroxylation is 1. The van der Waals surface area contributed by atoms with Crippen LogP contribution in [0.4, 0.5) is 5.69 Å². The van der Waals surface area contributed by atoms with Gasteiger partial charge in [-0.05, 0) is 72.1 Å². The van der Waals surface area contributed by atoms with Crippen molar-refractivity contribution in [2.45, 2.75) is 78.8 Å². The normalized spacial score (nSPS) is 46.3. The summed E-state index contributed by atoms with van der Waals surface area (Å²) in [5, 5.41) is 0. The predicted octanol–water partition coefficient (Wildman–Crippen LogP) is 5.48. The highest BCUT2D eigenvalue weighted by Gasteiger charge is 2.75. The van der Waals surface area contributed by atoms with Crippen molar-refractivity contribution in [3.63, 3.8) is 0 Å². The summed E-state index contributed by atoms with van der Waals surface area (Å²) >= 11 is 0. The molecule has 28 heavy (non-hydrogen) atoms. The fourth-order valence-electron chi connectivity index (χ4n) is 9.32. The van der Waals surface area contributed by atoms with Gasteiger partial charge >= 0.3 is 0 Å². The Bertz CT molecular complexity index is 813. The first-order valence-corrected chi connectivity index (χ1v) is 11.7. The van der Waals surface area contributed by atoms with E-state index in [1.807, 2.05) is 0 Å². The van der Waals surface area contributed by atoms with Gasteiger partial charge in [-0.15, -0.1) is 0 Å². The van der Waals surface area contributed by atoms with Crippen LogP contribution in [0.15, 0.2) is 18.2 Å². The number of nitrogens with zero attached hydrogens (tertiary/aromatic N) is 2. The summed E-state index contributed by atoms with van der Waals surface area (Å²) in [4.78, 5) is 5.64. The second-order valence-corrected chi connectivity index (χ2v) is 11.5. The zero-order valence-corrected chi connectivity index (χ0v) is 19.3. The Morgan fingerprint density at radius 2 is 1.82 bits per heavy atom. The molecule has 1 aromatic carbocycles. The molecule has 2 nitrogen and oxygen atoms in total. The van der Waals surface area contributed by atoms with E-state index in [1.165, 1.54) is 37.2 Å². The van der Waals surface area contributed by atoms with Crippen molar-refractivity contribution >= 4 is 5.69 Å². The predicted molar refractivity (Wildman–Crippen MR) is 119 cm³/mol. The molecule has 3 heterocycles. The van der Waals surface area contributed by atoms with E-state index >= 15 is 0 Å². The van der Waals surface area contributed by atoms with Crippen LogP contribution in [0.2, 0.25) is 0 Å². The van der Waals surface area contributed by atoms with Crippen molar-refractivity contribution in [3.05, 3.63) is 29.3 Å². The van der Waals surface area contributed by atoms with Gasteiger partial charge < -0.3 is 4.90 Å². The van der Waals surface area contributed by atoms with Crippen LogP contribution in [-0.2, 0) is 5.41 Å². The Labute approximate surface area is 172 Å². The summed E-state index contributed by atoms with van der Waals surface area (Å²) in [6.45, 7) is 20.3. The summed E-state index contributed by atoms with van der Waals surface area (Å²) in [5.41, 5.74) is 5.56. The fourth-order valence-corrected chi connectivity index (χ4v) is 9.32. The smallest absolute Gasteiger partial charge is 0.0453 e. The molecule has 0 radical (unpaired) electrons. The van der Waals surface area contributed by atoms with E-state index in [4.69, 9.17) is 0 Å². The molecule has 154 valence electrons. The maximum atomic E-state index is 2.94. The van der Waals surface area contributed by atoms with E-state index in [9.17, 15) is 0 Å². The third-order valence-electron chi connectivity index (χ3n) is 10.5. The maximum Gasteiger partial charge on any atom is 0.0453 e. The Balaban J connectivity index is 1.84. The first-order valence-electron chi connectivity index (χ1n) is 11.7. The largest absolute Gasteiger partial charge is 0.370 e. The molecule has 1 spiro atoms. The summed E-state index contributed by atoms with van der Waals surface area (Å²) in [5.74, 6) is 2.28. The number of likely N-dealkylation sites (N-methyl/N-ethyl adjacent to an activating group) is 1. The van der Waals surface area contributed by atoms with E-state index < -0.39 is 0 Å². The lowest BCUT2D eigenvalue weighted by Crippen LogP contribution is -2.75. The highest BCUT2D eigenvalue weighted by Crippen LogP contribution is 2.72. The van der Waals surface area contributed by atoms with E-state index in [0.29, 0.717) is 23.4 Å². The third kappa shape index (κ3) is 1.81. The third-order valence-corrected chi connectivity index (χ3v) is 10.5. The number of benzene rings is 1. The average molecular weight is 381 g/mol. The Hall–Kier alpha value is -1.02. The van der Waals surface area contributed by atoms with Crippen LogP contribution in [0, 0.1) is 35.5 Å². The molecule has 1 aromatic rings. The molecule has 0 amide bonds. The maximum absolute atomic E-state index is 2.94. The summed E-state index contributed by atoms with van der Waals surface area (Å²) in [7, 11) is 2.39. The van der Waals surface area contributed by atoms with Gasteiger partial charge in [-0.1, -0.05) is 53.7 Å². The van der Waals surface area contributed by atoms with Gasteiger partial charge in [0, 0.05) is 36.8 Å². The molecule has 3 fully saturated rings. The van der Waals surface area contributed by atoms with Crippen molar-refractivity contribution in [3.8, 4) is 0 Å². The van der Waals surface area contributed by atoms with Gasteiger partial charge in [0.25, 0.3) is 0 Å². The number of fused-ring (bicyclic) bond motifs is 1. The minimum Gasteiger partial charge on any atom is -0.370 e. The van der Waals surface area contributed by atoms with Gasteiger partial charge in [0.2, 0.25) is 0 Å². The van der Waals surface area contributed by atoms with E-state index in [2.05, 4.69) is 83.5 Å². The lowest BCUT2D eigenvalue weighted by atomic mass is 9.39. The topological polar surface area (TPSA) is 6.48 Å². The summed E-state index contributed by atoms with van der Waals surface area (Å²) < 4.78 is 0. The minimum atomic E-state index is 0.287. The lowest BCUT2D eigenvalue weighted by Gasteiger charge is -2.70. The monoisotopic (exact) mass is 380 g/mol. The van der Waals surface area contributed by atoms with E-state index in [-0.39, 0.29) is 10.8 Å². The van der Waals surface area contributed by atoms with Crippen molar-refractivity contribution < 1.29 is 0 Å². The van der Waals surface area contributed by atoms with Crippen LogP contribution in [0.5, 0.6) is 0 Å². The van der Waals surface area contributed by atoms with Crippen LogP contribution in [0.3, 0.4) is 0 Å².